The van der Waals surface area contributed by atoms with Crippen LogP contribution in [-0.4, -0.2) is 29.9 Å². The lowest BCUT2D eigenvalue weighted by molar-refractivity contribution is 0.0941. The van der Waals surface area contributed by atoms with Crippen LogP contribution in [0.25, 0.3) is 11.3 Å². The van der Waals surface area contributed by atoms with Gasteiger partial charge in [-0.15, -0.1) is 0 Å². The number of nitrogens with two attached hydrogens (primary N) is 1. The second-order valence-electron chi connectivity index (χ2n) is 5.77. The minimum atomic E-state index is -0.486. The van der Waals surface area contributed by atoms with Crippen LogP contribution in [-0.2, 0) is 0 Å². The number of pyridine rings is 1. The first-order valence-electron chi connectivity index (χ1n) is 8.47. The van der Waals surface area contributed by atoms with Crippen molar-refractivity contribution < 1.29 is 14.3 Å². The van der Waals surface area contributed by atoms with E-state index in [1.807, 2.05) is 30.3 Å². The van der Waals surface area contributed by atoms with Gasteiger partial charge in [-0.25, -0.2) is 4.98 Å². The van der Waals surface area contributed by atoms with E-state index in [0.29, 0.717) is 30.1 Å². The third kappa shape index (κ3) is 4.92. The highest BCUT2D eigenvalue weighted by Gasteiger charge is 2.09. The van der Waals surface area contributed by atoms with Gasteiger partial charge in [0.2, 0.25) is 5.91 Å². The molecule has 0 unspecified atom stereocenters. The number of hydrogen-bond donors (Lipinski definition) is 2. The lowest BCUT2D eigenvalue weighted by Crippen LogP contribution is -2.28. The Hall–Kier alpha value is -3.67. The van der Waals surface area contributed by atoms with Gasteiger partial charge in [0.05, 0.1) is 12.2 Å². The molecular formula is C21H19N3O3. The van der Waals surface area contributed by atoms with Crippen LogP contribution in [0, 0.1) is 0 Å². The topological polar surface area (TPSA) is 94.3 Å². The van der Waals surface area contributed by atoms with E-state index >= 15 is 0 Å². The van der Waals surface area contributed by atoms with E-state index in [1.54, 1.807) is 42.5 Å². The van der Waals surface area contributed by atoms with Gasteiger partial charge in [0.1, 0.15) is 18.1 Å². The number of rotatable bonds is 7. The molecule has 3 rings (SSSR count). The summed E-state index contributed by atoms with van der Waals surface area (Å²) in [4.78, 5) is 27.8. The SMILES string of the molecule is NC(=O)c1ccc(-c2cccc(C(=O)NCCOc3ccccc3)n2)cc1. The lowest BCUT2D eigenvalue weighted by atomic mass is 10.1. The molecule has 0 aliphatic rings. The molecule has 2 amide bonds. The highest BCUT2D eigenvalue weighted by Crippen LogP contribution is 2.18. The summed E-state index contributed by atoms with van der Waals surface area (Å²) in [6, 6.07) is 21.4. The monoisotopic (exact) mass is 361 g/mol. The number of carbonyl (C=O) groups is 2. The van der Waals surface area contributed by atoms with E-state index in [-0.39, 0.29) is 5.91 Å². The van der Waals surface area contributed by atoms with Crippen molar-refractivity contribution in [3.05, 3.63) is 84.1 Å². The molecule has 0 radical (unpaired) electrons. The molecule has 6 nitrogen and oxygen atoms in total. The molecule has 0 saturated heterocycles. The molecular weight excluding hydrogens is 342 g/mol. The number of benzene rings is 2. The average molecular weight is 361 g/mol. The van der Waals surface area contributed by atoms with Crippen LogP contribution in [0.3, 0.4) is 0 Å². The zero-order valence-electron chi connectivity index (χ0n) is 14.6. The lowest BCUT2D eigenvalue weighted by Gasteiger charge is -2.08. The first-order valence-corrected chi connectivity index (χ1v) is 8.47. The molecule has 0 aliphatic heterocycles. The minimum absolute atomic E-state index is 0.276. The van der Waals surface area contributed by atoms with Crippen LogP contribution in [0.5, 0.6) is 5.75 Å². The van der Waals surface area contributed by atoms with Crippen LogP contribution < -0.4 is 15.8 Å². The predicted molar refractivity (Wildman–Crippen MR) is 102 cm³/mol. The summed E-state index contributed by atoms with van der Waals surface area (Å²) < 4.78 is 5.54. The first kappa shape index (κ1) is 18.1. The summed E-state index contributed by atoms with van der Waals surface area (Å²) in [7, 11) is 0. The molecule has 6 heteroatoms. The number of aromatic nitrogens is 1. The van der Waals surface area contributed by atoms with Gasteiger partial charge in [-0.05, 0) is 36.4 Å². The summed E-state index contributed by atoms with van der Waals surface area (Å²) in [5.41, 5.74) is 7.41. The molecule has 27 heavy (non-hydrogen) atoms. The van der Waals surface area contributed by atoms with Crippen molar-refractivity contribution in [2.75, 3.05) is 13.2 Å². The van der Waals surface area contributed by atoms with Crippen LogP contribution in [0.2, 0.25) is 0 Å². The molecule has 0 aliphatic carbocycles. The zero-order valence-corrected chi connectivity index (χ0v) is 14.6. The van der Waals surface area contributed by atoms with Crippen molar-refractivity contribution in [2.24, 2.45) is 5.73 Å². The van der Waals surface area contributed by atoms with E-state index in [0.717, 1.165) is 11.3 Å². The molecule has 2 aromatic carbocycles. The number of carbonyl (C=O) groups excluding carboxylic acids is 2. The molecule has 0 bridgehead atoms. The Morgan fingerprint density at radius 2 is 1.67 bits per heavy atom. The number of amides is 2. The summed E-state index contributed by atoms with van der Waals surface area (Å²) in [6.45, 7) is 0.733. The molecule has 1 heterocycles. The Kier molecular flexibility index (Phi) is 5.79. The van der Waals surface area contributed by atoms with Gasteiger partial charge in [-0.2, -0.15) is 0 Å². The van der Waals surface area contributed by atoms with Crippen LogP contribution in [0.4, 0.5) is 0 Å². The predicted octanol–water partition coefficient (Wildman–Crippen LogP) is 2.66. The zero-order chi connectivity index (χ0) is 19.1. The average Bonchev–Trinajstić information content (AvgIpc) is 2.72. The van der Waals surface area contributed by atoms with Crippen molar-refractivity contribution in [2.45, 2.75) is 0 Å². The molecule has 136 valence electrons. The highest BCUT2D eigenvalue weighted by molar-refractivity contribution is 5.94. The molecule has 0 spiro atoms. The van der Waals surface area contributed by atoms with Gasteiger partial charge in [0, 0.05) is 11.1 Å². The number of ether oxygens (including phenoxy) is 1. The van der Waals surface area contributed by atoms with Gasteiger partial charge in [-0.1, -0.05) is 36.4 Å². The quantitative estimate of drug-likeness (QED) is 0.633. The molecule has 3 aromatic rings. The summed E-state index contributed by atoms with van der Waals surface area (Å²) >= 11 is 0. The number of nitrogens with one attached hydrogen (secondary N) is 1. The standard InChI is InChI=1S/C21H19N3O3/c22-20(25)16-11-9-15(10-12-16)18-7-4-8-19(24-18)21(26)23-13-14-27-17-5-2-1-3-6-17/h1-12H,13-14H2,(H2,22,25)(H,23,26). The molecule has 0 saturated carbocycles. The van der Waals surface area contributed by atoms with Gasteiger partial charge >= 0.3 is 0 Å². The maximum Gasteiger partial charge on any atom is 0.270 e. The van der Waals surface area contributed by atoms with Crippen molar-refractivity contribution in [3.63, 3.8) is 0 Å². The smallest absolute Gasteiger partial charge is 0.270 e. The Bertz CT molecular complexity index is 925. The fourth-order valence-corrected chi connectivity index (χ4v) is 2.47. The first-order chi connectivity index (χ1) is 13.1. The van der Waals surface area contributed by atoms with E-state index in [9.17, 15) is 9.59 Å². The van der Waals surface area contributed by atoms with Crippen molar-refractivity contribution in [3.8, 4) is 17.0 Å². The highest BCUT2D eigenvalue weighted by atomic mass is 16.5. The van der Waals surface area contributed by atoms with Crippen LogP contribution >= 0.6 is 0 Å². The van der Waals surface area contributed by atoms with Crippen LogP contribution in [0.1, 0.15) is 20.8 Å². The Morgan fingerprint density at radius 3 is 2.37 bits per heavy atom. The van der Waals surface area contributed by atoms with Crippen LogP contribution in [0.15, 0.2) is 72.8 Å². The number of primary amides is 1. The second-order valence-corrected chi connectivity index (χ2v) is 5.77. The largest absolute Gasteiger partial charge is 0.492 e. The van der Waals surface area contributed by atoms with E-state index in [2.05, 4.69) is 10.3 Å². The third-order valence-electron chi connectivity index (χ3n) is 3.85. The Morgan fingerprint density at radius 1 is 0.926 bits per heavy atom. The number of nitrogens with zero attached hydrogens (tertiary/aromatic N) is 1. The normalized spacial score (nSPS) is 10.2. The molecule has 0 atom stereocenters. The van der Waals surface area contributed by atoms with Gasteiger partial charge in [-0.3, -0.25) is 9.59 Å². The third-order valence-corrected chi connectivity index (χ3v) is 3.85. The fraction of sp³-hybridized carbons (Fsp3) is 0.0952. The summed E-state index contributed by atoms with van der Waals surface area (Å²) in [6.07, 6.45) is 0. The number of para-hydroxylation sites is 1. The Labute approximate surface area is 157 Å². The summed E-state index contributed by atoms with van der Waals surface area (Å²) in [5.74, 6) is -0.00564. The fourth-order valence-electron chi connectivity index (χ4n) is 2.47. The van der Waals surface area contributed by atoms with Crippen molar-refractivity contribution in [1.29, 1.82) is 0 Å². The number of hydrogen-bond acceptors (Lipinski definition) is 4. The summed E-state index contributed by atoms with van der Waals surface area (Å²) in [5, 5.41) is 2.78. The van der Waals surface area contributed by atoms with E-state index in [4.69, 9.17) is 10.5 Å². The second kappa shape index (κ2) is 8.62. The van der Waals surface area contributed by atoms with E-state index < -0.39 is 5.91 Å². The van der Waals surface area contributed by atoms with Gasteiger partial charge in [0.15, 0.2) is 0 Å². The van der Waals surface area contributed by atoms with Gasteiger partial charge in [0.25, 0.3) is 5.91 Å². The van der Waals surface area contributed by atoms with Crippen molar-refractivity contribution >= 4 is 11.8 Å². The van der Waals surface area contributed by atoms with Crippen molar-refractivity contribution in [1.82, 2.24) is 10.3 Å². The van der Waals surface area contributed by atoms with E-state index in [1.165, 1.54) is 0 Å². The maximum atomic E-state index is 12.3. The molecule has 1 aromatic heterocycles. The Balaban J connectivity index is 1.59. The molecule has 0 fully saturated rings. The minimum Gasteiger partial charge on any atom is -0.492 e. The molecule has 3 N–H and O–H groups in total. The van der Waals surface area contributed by atoms with Gasteiger partial charge < -0.3 is 15.8 Å². The maximum absolute atomic E-state index is 12.3.